The highest BCUT2D eigenvalue weighted by atomic mass is 19.4. The van der Waals surface area contributed by atoms with Crippen LogP contribution in [0.5, 0.6) is 0 Å². The second kappa shape index (κ2) is 7.79. The van der Waals surface area contributed by atoms with Crippen molar-refractivity contribution in [3.63, 3.8) is 0 Å². The third-order valence-corrected chi connectivity index (χ3v) is 5.02. The van der Waals surface area contributed by atoms with Crippen molar-refractivity contribution >= 4 is 28.6 Å². The molecule has 2 N–H and O–H groups in total. The third-order valence-electron chi connectivity index (χ3n) is 5.02. The number of carbonyl (C=O) groups is 1. The number of aryl methyl sites for hydroxylation is 1. The van der Waals surface area contributed by atoms with Crippen molar-refractivity contribution in [2.75, 3.05) is 12.4 Å². The Bertz CT molecular complexity index is 1260. The fourth-order valence-corrected chi connectivity index (χ4v) is 3.45. The van der Waals surface area contributed by atoms with Crippen molar-refractivity contribution in [3.8, 4) is 11.1 Å². The molecule has 4 aromatic rings. The summed E-state index contributed by atoms with van der Waals surface area (Å²) in [6.07, 6.45) is -4.52. The third kappa shape index (κ3) is 3.96. The standard InChI is InChI=1S/C23H19F3N4O/c1-27-21(31)15-9-6-10-16(11-15)28-22-29-19-13-18(23(24,25)26)17(12-20(19)30(22)2)14-7-4-3-5-8-14/h3-13H,1-2H3,(H,27,31)(H,28,29). The summed E-state index contributed by atoms with van der Waals surface area (Å²) in [5.41, 5.74) is 1.66. The number of aromatic nitrogens is 2. The van der Waals surface area contributed by atoms with E-state index in [9.17, 15) is 18.0 Å². The molecule has 0 saturated carbocycles. The lowest BCUT2D eigenvalue weighted by Crippen LogP contribution is -2.17. The van der Waals surface area contributed by atoms with Gasteiger partial charge in [-0.3, -0.25) is 4.79 Å². The first kappa shape index (κ1) is 20.5. The molecule has 0 bridgehead atoms. The Morgan fingerprint density at radius 3 is 2.42 bits per heavy atom. The molecule has 4 rings (SSSR count). The maximum Gasteiger partial charge on any atom is 0.417 e. The number of anilines is 2. The normalized spacial score (nSPS) is 11.5. The number of nitrogens with one attached hydrogen (secondary N) is 2. The van der Waals surface area contributed by atoms with Gasteiger partial charge < -0.3 is 15.2 Å². The summed E-state index contributed by atoms with van der Waals surface area (Å²) in [7, 11) is 3.26. The number of hydrogen-bond donors (Lipinski definition) is 2. The lowest BCUT2D eigenvalue weighted by Gasteiger charge is -2.13. The van der Waals surface area contributed by atoms with Crippen molar-refractivity contribution in [2.24, 2.45) is 7.05 Å². The molecular formula is C23H19F3N4O. The van der Waals surface area contributed by atoms with Crippen LogP contribution in [0.15, 0.2) is 66.7 Å². The molecule has 0 unspecified atom stereocenters. The van der Waals surface area contributed by atoms with Crippen molar-refractivity contribution in [1.82, 2.24) is 14.9 Å². The number of alkyl halides is 3. The first-order valence-electron chi connectivity index (χ1n) is 9.50. The molecule has 0 aliphatic heterocycles. The minimum absolute atomic E-state index is 0.0942. The molecule has 5 nitrogen and oxygen atoms in total. The summed E-state index contributed by atoms with van der Waals surface area (Å²) in [5, 5.41) is 5.64. The summed E-state index contributed by atoms with van der Waals surface area (Å²) in [4.78, 5) is 16.2. The van der Waals surface area contributed by atoms with E-state index < -0.39 is 11.7 Å². The number of nitrogens with zero attached hydrogens (tertiary/aromatic N) is 2. The van der Waals surface area contributed by atoms with E-state index in [1.165, 1.54) is 13.1 Å². The molecule has 0 radical (unpaired) electrons. The highest BCUT2D eigenvalue weighted by molar-refractivity contribution is 5.95. The van der Waals surface area contributed by atoms with Gasteiger partial charge in [0, 0.05) is 25.3 Å². The Morgan fingerprint density at radius 1 is 1.00 bits per heavy atom. The Balaban J connectivity index is 1.81. The average Bonchev–Trinajstić information content (AvgIpc) is 3.07. The van der Waals surface area contributed by atoms with E-state index in [0.717, 1.165) is 6.07 Å². The molecular weight excluding hydrogens is 405 g/mol. The number of benzene rings is 3. The summed E-state index contributed by atoms with van der Waals surface area (Å²) < 4.78 is 43.0. The van der Waals surface area contributed by atoms with Gasteiger partial charge in [-0.1, -0.05) is 36.4 Å². The average molecular weight is 424 g/mol. The van der Waals surface area contributed by atoms with Crippen molar-refractivity contribution < 1.29 is 18.0 Å². The van der Waals surface area contributed by atoms with Crippen LogP contribution in [0.4, 0.5) is 24.8 Å². The molecule has 0 aliphatic rings. The van der Waals surface area contributed by atoms with Gasteiger partial charge >= 0.3 is 6.18 Å². The first-order chi connectivity index (χ1) is 14.8. The van der Waals surface area contributed by atoms with Crippen LogP contribution in [-0.2, 0) is 13.2 Å². The van der Waals surface area contributed by atoms with E-state index in [1.54, 1.807) is 66.2 Å². The van der Waals surface area contributed by atoms with Crippen molar-refractivity contribution in [1.29, 1.82) is 0 Å². The highest BCUT2D eigenvalue weighted by Gasteiger charge is 2.34. The lowest BCUT2D eigenvalue weighted by molar-refractivity contribution is -0.137. The number of fused-ring (bicyclic) bond motifs is 1. The largest absolute Gasteiger partial charge is 0.417 e. The molecule has 1 heterocycles. The van der Waals surface area contributed by atoms with E-state index in [0.29, 0.717) is 28.3 Å². The maximum absolute atomic E-state index is 13.8. The monoisotopic (exact) mass is 424 g/mol. The van der Waals surface area contributed by atoms with E-state index in [4.69, 9.17) is 0 Å². The van der Waals surface area contributed by atoms with Gasteiger partial charge in [0.15, 0.2) is 0 Å². The van der Waals surface area contributed by atoms with Gasteiger partial charge in [-0.05, 0) is 41.5 Å². The Labute approximate surface area is 176 Å². The van der Waals surface area contributed by atoms with Crippen LogP contribution in [-0.4, -0.2) is 22.5 Å². The van der Waals surface area contributed by atoms with Crippen LogP contribution in [0.3, 0.4) is 0 Å². The molecule has 0 aliphatic carbocycles. The fraction of sp³-hybridized carbons (Fsp3) is 0.130. The molecule has 8 heteroatoms. The predicted octanol–water partition coefficient (Wildman–Crippen LogP) is 5.36. The van der Waals surface area contributed by atoms with Crippen LogP contribution in [0, 0.1) is 0 Å². The summed E-state index contributed by atoms with van der Waals surface area (Å²) in [6, 6.07) is 17.8. The number of halogens is 3. The quantitative estimate of drug-likeness (QED) is 0.464. The Hall–Kier alpha value is -3.81. The van der Waals surface area contributed by atoms with Crippen molar-refractivity contribution in [3.05, 3.63) is 77.9 Å². The van der Waals surface area contributed by atoms with Crippen LogP contribution in [0.2, 0.25) is 0 Å². The van der Waals surface area contributed by atoms with Crippen LogP contribution >= 0.6 is 0 Å². The minimum atomic E-state index is -4.52. The maximum atomic E-state index is 13.8. The zero-order chi connectivity index (χ0) is 22.2. The number of hydrogen-bond acceptors (Lipinski definition) is 3. The predicted molar refractivity (Wildman–Crippen MR) is 114 cm³/mol. The number of amides is 1. The SMILES string of the molecule is CNC(=O)c1cccc(Nc2nc3cc(C(F)(F)F)c(-c4ccccc4)cc3n2C)c1. The second-order valence-electron chi connectivity index (χ2n) is 7.03. The molecule has 1 aromatic heterocycles. The van der Waals surface area contributed by atoms with E-state index in [1.807, 2.05) is 0 Å². The minimum Gasteiger partial charge on any atom is -0.355 e. The number of carbonyl (C=O) groups excluding carboxylic acids is 1. The number of imidazole rings is 1. The Kier molecular flexibility index (Phi) is 5.14. The first-order valence-corrected chi connectivity index (χ1v) is 9.50. The molecule has 3 aromatic carbocycles. The molecule has 0 atom stereocenters. The summed E-state index contributed by atoms with van der Waals surface area (Å²) >= 11 is 0. The lowest BCUT2D eigenvalue weighted by atomic mass is 9.98. The van der Waals surface area contributed by atoms with Crippen LogP contribution < -0.4 is 10.6 Å². The van der Waals surface area contributed by atoms with E-state index >= 15 is 0 Å². The van der Waals surface area contributed by atoms with Gasteiger partial charge in [0.05, 0.1) is 16.6 Å². The smallest absolute Gasteiger partial charge is 0.355 e. The molecule has 1 amide bonds. The fourth-order valence-electron chi connectivity index (χ4n) is 3.45. The number of rotatable bonds is 4. The topological polar surface area (TPSA) is 59.0 Å². The van der Waals surface area contributed by atoms with Crippen molar-refractivity contribution in [2.45, 2.75) is 6.18 Å². The summed E-state index contributed by atoms with van der Waals surface area (Å²) in [6.45, 7) is 0. The molecule has 158 valence electrons. The van der Waals surface area contributed by atoms with Gasteiger partial charge in [0.2, 0.25) is 5.95 Å². The molecule has 31 heavy (non-hydrogen) atoms. The van der Waals surface area contributed by atoms with E-state index in [2.05, 4.69) is 15.6 Å². The zero-order valence-electron chi connectivity index (χ0n) is 16.8. The van der Waals surface area contributed by atoms with Gasteiger partial charge in [0.25, 0.3) is 5.91 Å². The van der Waals surface area contributed by atoms with Gasteiger partial charge in [0.1, 0.15) is 0 Å². The van der Waals surface area contributed by atoms with Gasteiger partial charge in [-0.15, -0.1) is 0 Å². The highest BCUT2D eigenvalue weighted by Crippen LogP contribution is 2.40. The summed E-state index contributed by atoms with van der Waals surface area (Å²) in [5.74, 6) is 0.123. The molecule has 0 saturated heterocycles. The van der Waals surface area contributed by atoms with Gasteiger partial charge in [-0.2, -0.15) is 13.2 Å². The van der Waals surface area contributed by atoms with Crippen LogP contribution in [0.1, 0.15) is 15.9 Å². The molecule has 0 fully saturated rings. The van der Waals surface area contributed by atoms with E-state index in [-0.39, 0.29) is 17.0 Å². The zero-order valence-corrected chi connectivity index (χ0v) is 16.8. The second-order valence-corrected chi connectivity index (χ2v) is 7.03. The Morgan fingerprint density at radius 2 is 1.74 bits per heavy atom. The van der Waals surface area contributed by atoms with Crippen LogP contribution in [0.25, 0.3) is 22.2 Å². The van der Waals surface area contributed by atoms with Gasteiger partial charge in [-0.25, -0.2) is 4.98 Å². The molecule has 0 spiro atoms.